The minimum absolute atomic E-state index is 0.867. The first-order valence-electron chi connectivity index (χ1n) is 5.71. The minimum atomic E-state index is 0.867. The van der Waals surface area contributed by atoms with Gasteiger partial charge in [0.25, 0.3) is 0 Å². The number of unbranched alkanes of at least 4 members (excludes halogenated alkanes) is 1. The zero-order valence-corrected chi connectivity index (χ0v) is 9.83. The molecule has 1 heterocycles. The summed E-state index contributed by atoms with van der Waals surface area (Å²) >= 11 is 0. The van der Waals surface area contributed by atoms with E-state index < -0.39 is 0 Å². The van der Waals surface area contributed by atoms with E-state index in [1.54, 1.807) is 7.11 Å². The molecule has 0 amide bonds. The molecule has 0 aliphatic heterocycles. The highest BCUT2D eigenvalue weighted by Crippen LogP contribution is 2.03. The topological polar surface area (TPSA) is 26.2 Å². The Labute approximate surface area is 92.4 Å². The first kappa shape index (κ1) is 12.3. The quantitative estimate of drug-likeness (QED) is 0.664. The molecule has 1 aromatic heterocycles. The van der Waals surface area contributed by atoms with Crippen molar-refractivity contribution in [2.45, 2.75) is 32.9 Å². The normalized spacial score (nSPS) is 10.8. The monoisotopic (exact) mass is 210 g/mol. The maximum Gasteiger partial charge on any atom is 0.0462 e. The zero-order chi connectivity index (χ0) is 10.9. The molecule has 0 bridgehead atoms. The molecule has 0 atom stereocenters. The van der Waals surface area contributed by atoms with Gasteiger partial charge < -0.3 is 14.6 Å². The third-order valence-corrected chi connectivity index (χ3v) is 2.41. The van der Waals surface area contributed by atoms with Gasteiger partial charge in [-0.3, -0.25) is 0 Å². The van der Waals surface area contributed by atoms with E-state index in [4.69, 9.17) is 4.74 Å². The van der Waals surface area contributed by atoms with E-state index in [0.717, 1.165) is 32.7 Å². The number of nitrogens with zero attached hydrogens (tertiary/aromatic N) is 1. The maximum atomic E-state index is 5.02. The van der Waals surface area contributed by atoms with Crippen LogP contribution in [0.5, 0.6) is 0 Å². The lowest BCUT2D eigenvalue weighted by Gasteiger charge is -2.02. The smallest absolute Gasteiger partial charge is 0.0462 e. The highest BCUT2D eigenvalue weighted by molar-refractivity contribution is 5.09. The molecule has 0 saturated carbocycles. The van der Waals surface area contributed by atoms with E-state index in [1.165, 1.54) is 12.0 Å². The summed E-state index contributed by atoms with van der Waals surface area (Å²) < 4.78 is 7.27. The van der Waals surface area contributed by atoms with Crippen molar-refractivity contribution in [2.75, 3.05) is 20.3 Å². The highest BCUT2D eigenvalue weighted by Gasteiger charge is 1.96. The Balaban J connectivity index is 2.20. The van der Waals surface area contributed by atoms with E-state index in [0.29, 0.717) is 0 Å². The Kier molecular flexibility index (Phi) is 6.12. The van der Waals surface area contributed by atoms with Crippen molar-refractivity contribution in [1.82, 2.24) is 9.88 Å². The first-order valence-corrected chi connectivity index (χ1v) is 5.71. The lowest BCUT2D eigenvalue weighted by molar-refractivity contribution is 0.191. The fraction of sp³-hybridized carbons (Fsp3) is 0.667. The average Bonchev–Trinajstić information content (AvgIpc) is 2.69. The van der Waals surface area contributed by atoms with Crippen LogP contribution in [0.4, 0.5) is 0 Å². The second-order valence-electron chi connectivity index (χ2n) is 3.74. The molecule has 0 fully saturated rings. The van der Waals surface area contributed by atoms with Crippen LogP contribution in [0, 0.1) is 0 Å². The van der Waals surface area contributed by atoms with Gasteiger partial charge in [0.1, 0.15) is 0 Å². The van der Waals surface area contributed by atoms with Gasteiger partial charge in [-0.05, 0) is 31.0 Å². The number of rotatable bonds is 8. The van der Waals surface area contributed by atoms with Crippen molar-refractivity contribution in [1.29, 1.82) is 0 Å². The number of hydrogen-bond donors (Lipinski definition) is 1. The summed E-state index contributed by atoms with van der Waals surface area (Å²) in [6.07, 6.45) is 6.69. The molecule has 1 aromatic rings. The molecule has 0 saturated heterocycles. The number of aryl methyl sites for hydroxylation is 1. The molecular weight excluding hydrogens is 188 g/mol. The summed E-state index contributed by atoms with van der Waals surface area (Å²) in [5.41, 5.74) is 1.36. The summed E-state index contributed by atoms with van der Waals surface area (Å²) in [6.45, 7) is 6.09. The third kappa shape index (κ3) is 5.00. The third-order valence-electron chi connectivity index (χ3n) is 2.41. The summed E-state index contributed by atoms with van der Waals surface area (Å²) in [5.74, 6) is 0. The van der Waals surface area contributed by atoms with Crippen molar-refractivity contribution in [3.05, 3.63) is 24.0 Å². The van der Waals surface area contributed by atoms with Crippen LogP contribution in [-0.2, 0) is 17.8 Å². The second kappa shape index (κ2) is 7.49. The molecule has 0 aromatic carbocycles. The number of ether oxygens (including phenoxy) is 1. The van der Waals surface area contributed by atoms with E-state index in [2.05, 4.69) is 35.3 Å². The lowest BCUT2D eigenvalue weighted by Crippen LogP contribution is -2.11. The minimum Gasteiger partial charge on any atom is -0.385 e. The largest absolute Gasteiger partial charge is 0.385 e. The number of methoxy groups -OCH3 is 1. The average molecular weight is 210 g/mol. The molecular formula is C12H22N2O. The van der Waals surface area contributed by atoms with Crippen molar-refractivity contribution >= 4 is 0 Å². The first-order chi connectivity index (χ1) is 7.36. The van der Waals surface area contributed by atoms with E-state index in [-0.39, 0.29) is 0 Å². The maximum absolute atomic E-state index is 5.02. The van der Waals surface area contributed by atoms with Gasteiger partial charge in [-0.25, -0.2) is 0 Å². The lowest BCUT2D eigenvalue weighted by atomic mass is 10.3. The van der Waals surface area contributed by atoms with Crippen LogP contribution < -0.4 is 5.32 Å². The van der Waals surface area contributed by atoms with Crippen LogP contribution in [0.2, 0.25) is 0 Å². The van der Waals surface area contributed by atoms with Gasteiger partial charge >= 0.3 is 0 Å². The van der Waals surface area contributed by atoms with Gasteiger partial charge in [0.15, 0.2) is 0 Å². The Morgan fingerprint density at radius 2 is 2.27 bits per heavy atom. The van der Waals surface area contributed by atoms with Gasteiger partial charge in [-0.1, -0.05) is 6.92 Å². The number of aromatic nitrogens is 1. The summed E-state index contributed by atoms with van der Waals surface area (Å²) in [7, 11) is 1.75. The van der Waals surface area contributed by atoms with Crippen LogP contribution >= 0.6 is 0 Å². The summed E-state index contributed by atoms with van der Waals surface area (Å²) in [4.78, 5) is 0. The number of hydrogen-bond acceptors (Lipinski definition) is 2. The van der Waals surface area contributed by atoms with Crippen molar-refractivity contribution < 1.29 is 4.74 Å². The SMILES string of the molecule is CCNCc1ccn(CCCCOC)c1. The molecule has 1 rings (SSSR count). The second-order valence-corrected chi connectivity index (χ2v) is 3.74. The van der Waals surface area contributed by atoms with E-state index >= 15 is 0 Å². The molecule has 86 valence electrons. The zero-order valence-electron chi connectivity index (χ0n) is 9.83. The highest BCUT2D eigenvalue weighted by atomic mass is 16.5. The van der Waals surface area contributed by atoms with Gasteiger partial charge in [0.05, 0.1) is 0 Å². The number of nitrogens with one attached hydrogen (secondary N) is 1. The molecule has 3 heteroatoms. The van der Waals surface area contributed by atoms with Crippen LogP contribution in [0.25, 0.3) is 0 Å². The van der Waals surface area contributed by atoms with Crippen molar-refractivity contribution in [3.8, 4) is 0 Å². The predicted octanol–water partition coefficient (Wildman–Crippen LogP) is 2.02. The predicted molar refractivity (Wildman–Crippen MR) is 62.9 cm³/mol. The van der Waals surface area contributed by atoms with Crippen LogP contribution in [0.15, 0.2) is 18.5 Å². The van der Waals surface area contributed by atoms with Gasteiger partial charge in [0, 0.05) is 39.2 Å². The Bertz CT molecular complexity index is 258. The van der Waals surface area contributed by atoms with Crippen molar-refractivity contribution in [3.63, 3.8) is 0 Å². The van der Waals surface area contributed by atoms with E-state index in [9.17, 15) is 0 Å². The summed E-state index contributed by atoms with van der Waals surface area (Å²) in [6, 6.07) is 2.18. The van der Waals surface area contributed by atoms with Gasteiger partial charge in [-0.2, -0.15) is 0 Å². The Hall–Kier alpha value is -0.800. The van der Waals surface area contributed by atoms with E-state index in [1.807, 2.05) is 0 Å². The Morgan fingerprint density at radius 1 is 1.40 bits per heavy atom. The van der Waals surface area contributed by atoms with Crippen LogP contribution in [0.3, 0.4) is 0 Å². The molecule has 0 aliphatic carbocycles. The molecule has 3 nitrogen and oxygen atoms in total. The fourth-order valence-corrected chi connectivity index (χ4v) is 1.54. The Morgan fingerprint density at radius 3 is 3.00 bits per heavy atom. The molecule has 0 spiro atoms. The fourth-order valence-electron chi connectivity index (χ4n) is 1.54. The molecule has 1 N–H and O–H groups in total. The van der Waals surface area contributed by atoms with Crippen LogP contribution in [0.1, 0.15) is 25.3 Å². The molecule has 0 radical (unpaired) electrons. The summed E-state index contributed by atoms with van der Waals surface area (Å²) in [5, 5.41) is 3.32. The van der Waals surface area contributed by atoms with Gasteiger partial charge in [-0.15, -0.1) is 0 Å². The molecule has 0 aliphatic rings. The van der Waals surface area contributed by atoms with Crippen molar-refractivity contribution in [2.24, 2.45) is 0 Å². The molecule has 0 unspecified atom stereocenters. The van der Waals surface area contributed by atoms with Gasteiger partial charge in [0.2, 0.25) is 0 Å². The van der Waals surface area contributed by atoms with Crippen LogP contribution in [-0.4, -0.2) is 24.8 Å². The molecule has 15 heavy (non-hydrogen) atoms. The standard InChI is InChI=1S/C12H22N2O/c1-3-13-10-12-6-8-14(11-12)7-4-5-9-15-2/h6,8,11,13H,3-5,7,9-10H2,1-2H3.